The Balaban J connectivity index is 1.81. The molecule has 3 aromatic rings. The summed E-state index contributed by atoms with van der Waals surface area (Å²) in [5.41, 5.74) is 4.72. The molecule has 0 N–H and O–H groups in total. The monoisotopic (exact) mass is 299 g/mol. The predicted molar refractivity (Wildman–Crippen MR) is 92.8 cm³/mol. The molecule has 23 heavy (non-hydrogen) atoms. The maximum atomic E-state index is 4.68. The Bertz CT molecular complexity index is 883. The van der Waals surface area contributed by atoms with Gasteiger partial charge in [-0.2, -0.15) is 0 Å². The summed E-state index contributed by atoms with van der Waals surface area (Å²) in [5, 5.41) is 0. The maximum absolute atomic E-state index is 4.68. The van der Waals surface area contributed by atoms with Gasteiger partial charge in [-0.1, -0.05) is 54.6 Å². The molecule has 4 rings (SSSR count). The molecule has 112 valence electrons. The van der Waals surface area contributed by atoms with Crippen molar-refractivity contribution in [3.8, 4) is 22.8 Å². The smallest absolute Gasteiger partial charge is 0.163 e. The van der Waals surface area contributed by atoms with E-state index >= 15 is 0 Å². The Morgan fingerprint density at radius 1 is 0.826 bits per heavy atom. The normalized spacial score (nSPS) is 12.9. The van der Waals surface area contributed by atoms with Gasteiger partial charge >= 0.3 is 0 Å². The summed E-state index contributed by atoms with van der Waals surface area (Å²) in [5.74, 6) is 2.20. The lowest BCUT2D eigenvalue weighted by Gasteiger charge is -2.12. The Labute approximate surface area is 135 Å². The quantitative estimate of drug-likeness (QED) is 0.700. The second kappa shape index (κ2) is 5.76. The van der Waals surface area contributed by atoms with Gasteiger partial charge in [0.1, 0.15) is 5.82 Å². The van der Waals surface area contributed by atoms with Gasteiger partial charge in [0.05, 0.1) is 0 Å². The highest BCUT2D eigenvalue weighted by atomic mass is 15.0. The summed E-state index contributed by atoms with van der Waals surface area (Å²) < 4.78 is 0. The minimum absolute atomic E-state index is 0.723. The van der Waals surface area contributed by atoms with Gasteiger partial charge in [-0.25, -0.2) is 15.0 Å². The minimum Gasteiger partial charge on any atom is -0.213 e. The van der Waals surface area contributed by atoms with Crippen LogP contribution in [0.2, 0.25) is 0 Å². The van der Waals surface area contributed by atoms with Crippen molar-refractivity contribution in [2.75, 3.05) is 0 Å². The molecule has 0 radical (unpaired) electrons. The molecular weight excluding hydrogens is 282 g/mol. The Hall–Kier alpha value is -2.81. The van der Waals surface area contributed by atoms with Gasteiger partial charge in [-0.05, 0) is 37.0 Å². The summed E-state index contributed by atoms with van der Waals surface area (Å²) in [6.45, 7) is 1.91. The molecule has 1 aromatic heterocycles. The number of benzene rings is 2. The summed E-state index contributed by atoms with van der Waals surface area (Å²) in [4.78, 5) is 13.7. The fourth-order valence-corrected chi connectivity index (χ4v) is 2.89. The molecule has 1 aliphatic carbocycles. The molecule has 0 saturated carbocycles. The Morgan fingerprint density at radius 3 is 2.43 bits per heavy atom. The SMILES string of the molecule is Cc1nc(-c2ccccc2)nc(-c2ccc3c(c2)C=CCC3)n1. The number of hydrogen-bond donors (Lipinski definition) is 0. The van der Waals surface area contributed by atoms with E-state index in [9.17, 15) is 0 Å². The van der Waals surface area contributed by atoms with Crippen LogP contribution in [-0.4, -0.2) is 15.0 Å². The molecule has 0 atom stereocenters. The van der Waals surface area contributed by atoms with E-state index in [1.165, 1.54) is 11.1 Å². The van der Waals surface area contributed by atoms with Gasteiger partial charge < -0.3 is 0 Å². The number of rotatable bonds is 2. The zero-order valence-electron chi connectivity index (χ0n) is 13.0. The molecule has 3 heteroatoms. The Kier molecular flexibility index (Phi) is 3.46. The van der Waals surface area contributed by atoms with Crippen molar-refractivity contribution < 1.29 is 0 Å². The molecule has 0 saturated heterocycles. The van der Waals surface area contributed by atoms with Crippen LogP contribution in [0.25, 0.3) is 28.9 Å². The molecule has 0 spiro atoms. The minimum atomic E-state index is 0.723. The van der Waals surface area contributed by atoms with E-state index in [1.54, 1.807) is 0 Å². The number of aromatic nitrogens is 3. The molecule has 2 aromatic carbocycles. The van der Waals surface area contributed by atoms with E-state index in [1.807, 2.05) is 37.3 Å². The summed E-state index contributed by atoms with van der Waals surface area (Å²) in [6, 6.07) is 16.5. The topological polar surface area (TPSA) is 38.7 Å². The summed E-state index contributed by atoms with van der Waals surface area (Å²) in [7, 11) is 0. The Morgan fingerprint density at radius 2 is 1.61 bits per heavy atom. The van der Waals surface area contributed by atoms with E-state index in [4.69, 9.17) is 0 Å². The second-order valence-corrected chi connectivity index (χ2v) is 5.75. The van der Waals surface area contributed by atoms with Crippen LogP contribution in [0.4, 0.5) is 0 Å². The van der Waals surface area contributed by atoms with Gasteiger partial charge in [0.2, 0.25) is 0 Å². The van der Waals surface area contributed by atoms with Crippen LogP contribution in [0.3, 0.4) is 0 Å². The third kappa shape index (κ3) is 2.78. The van der Waals surface area contributed by atoms with Crippen molar-refractivity contribution >= 4 is 6.08 Å². The molecular formula is C20H17N3. The lowest BCUT2D eigenvalue weighted by molar-refractivity contribution is 0.978. The number of aryl methyl sites for hydroxylation is 2. The second-order valence-electron chi connectivity index (χ2n) is 5.75. The van der Waals surface area contributed by atoms with E-state index in [2.05, 4.69) is 45.3 Å². The van der Waals surface area contributed by atoms with Crippen LogP contribution in [0.1, 0.15) is 23.4 Å². The summed E-state index contributed by atoms with van der Waals surface area (Å²) >= 11 is 0. The van der Waals surface area contributed by atoms with Crippen LogP contribution >= 0.6 is 0 Å². The average molecular weight is 299 g/mol. The van der Waals surface area contributed by atoms with Crippen LogP contribution in [0, 0.1) is 6.92 Å². The molecule has 0 fully saturated rings. The van der Waals surface area contributed by atoms with E-state index in [0.29, 0.717) is 0 Å². The molecule has 1 aliphatic rings. The molecule has 0 unspecified atom stereocenters. The molecule has 0 aliphatic heterocycles. The van der Waals surface area contributed by atoms with Crippen LogP contribution in [0.15, 0.2) is 54.6 Å². The fraction of sp³-hybridized carbons (Fsp3) is 0.150. The van der Waals surface area contributed by atoms with E-state index in [-0.39, 0.29) is 0 Å². The first-order valence-corrected chi connectivity index (χ1v) is 7.87. The number of hydrogen-bond acceptors (Lipinski definition) is 3. The van der Waals surface area contributed by atoms with Crippen LogP contribution in [-0.2, 0) is 6.42 Å². The van der Waals surface area contributed by atoms with Gasteiger partial charge in [0.15, 0.2) is 11.6 Å². The van der Waals surface area contributed by atoms with Crippen molar-refractivity contribution in [1.82, 2.24) is 15.0 Å². The van der Waals surface area contributed by atoms with Gasteiger partial charge in [-0.15, -0.1) is 0 Å². The lowest BCUT2D eigenvalue weighted by Crippen LogP contribution is -2.00. The molecule has 3 nitrogen and oxygen atoms in total. The fourth-order valence-electron chi connectivity index (χ4n) is 2.89. The molecule has 0 bridgehead atoms. The zero-order chi connectivity index (χ0) is 15.6. The largest absolute Gasteiger partial charge is 0.213 e. The van der Waals surface area contributed by atoms with Crippen molar-refractivity contribution in [2.45, 2.75) is 19.8 Å². The highest BCUT2D eigenvalue weighted by Crippen LogP contribution is 2.26. The zero-order valence-corrected chi connectivity index (χ0v) is 13.0. The standard InChI is InChI=1S/C20H17N3/c1-14-21-19(16-8-3-2-4-9-16)23-20(22-14)18-12-11-15-7-5-6-10-17(15)13-18/h2-4,6,8-13H,5,7H2,1H3. The van der Waals surface area contributed by atoms with Gasteiger partial charge in [0.25, 0.3) is 0 Å². The first-order chi connectivity index (χ1) is 11.3. The average Bonchev–Trinajstić information content (AvgIpc) is 2.61. The number of allylic oxidation sites excluding steroid dienone is 1. The highest BCUT2D eigenvalue weighted by Gasteiger charge is 2.11. The number of fused-ring (bicyclic) bond motifs is 1. The third-order valence-corrected chi connectivity index (χ3v) is 4.06. The number of nitrogens with zero attached hydrogens (tertiary/aromatic N) is 3. The maximum Gasteiger partial charge on any atom is 0.163 e. The lowest BCUT2D eigenvalue weighted by atomic mass is 9.95. The van der Waals surface area contributed by atoms with Crippen molar-refractivity contribution in [2.24, 2.45) is 0 Å². The molecule has 0 amide bonds. The first kappa shape index (κ1) is 13.8. The van der Waals surface area contributed by atoms with Crippen molar-refractivity contribution in [1.29, 1.82) is 0 Å². The van der Waals surface area contributed by atoms with Crippen LogP contribution in [0.5, 0.6) is 0 Å². The van der Waals surface area contributed by atoms with Crippen molar-refractivity contribution in [3.63, 3.8) is 0 Å². The molecule has 1 heterocycles. The van der Waals surface area contributed by atoms with E-state index < -0.39 is 0 Å². The van der Waals surface area contributed by atoms with E-state index in [0.717, 1.165) is 41.4 Å². The first-order valence-electron chi connectivity index (χ1n) is 7.87. The van der Waals surface area contributed by atoms with Gasteiger partial charge in [0, 0.05) is 11.1 Å². The summed E-state index contributed by atoms with van der Waals surface area (Å²) in [6.07, 6.45) is 6.64. The predicted octanol–water partition coefficient (Wildman–Crippen LogP) is 4.47. The highest BCUT2D eigenvalue weighted by molar-refractivity contribution is 5.67. The third-order valence-electron chi connectivity index (χ3n) is 4.06. The van der Waals surface area contributed by atoms with Crippen LogP contribution < -0.4 is 0 Å². The van der Waals surface area contributed by atoms with Gasteiger partial charge in [-0.3, -0.25) is 0 Å². The van der Waals surface area contributed by atoms with Crippen molar-refractivity contribution in [3.05, 3.63) is 71.6 Å².